The normalized spacial score (nSPS) is 29.3. The minimum absolute atomic E-state index is 0.0973. The Morgan fingerprint density at radius 2 is 1.56 bits per heavy atom. The van der Waals surface area contributed by atoms with Crippen molar-refractivity contribution in [1.82, 2.24) is 15.1 Å². The standard InChI is InChI=1S/C22H39N3O2/c1-17-8-10-20(11-9-17)23-22(27)18(2)24-12-14-25(15-13-24)21(26)16-19-6-4-3-5-7-19/h17-20H,3-16H2,1-2H3,(H,23,27). The second-order valence-electron chi connectivity index (χ2n) is 9.27. The van der Waals surface area contributed by atoms with Crippen molar-refractivity contribution < 1.29 is 9.59 Å². The molecule has 3 fully saturated rings. The molecule has 0 aromatic carbocycles. The first-order valence-corrected chi connectivity index (χ1v) is 11.3. The fourth-order valence-corrected chi connectivity index (χ4v) is 5.02. The zero-order valence-electron chi connectivity index (χ0n) is 17.4. The Balaban J connectivity index is 1.38. The van der Waals surface area contributed by atoms with Crippen molar-refractivity contribution >= 4 is 11.8 Å². The van der Waals surface area contributed by atoms with Gasteiger partial charge in [0.1, 0.15) is 0 Å². The molecule has 1 atom stereocenters. The van der Waals surface area contributed by atoms with E-state index in [0.717, 1.165) is 51.4 Å². The summed E-state index contributed by atoms with van der Waals surface area (Å²) in [5, 5.41) is 3.26. The lowest BCUT2D eigenvalue weighted by atomic mass is 9.86. The Labute approximate surface area is 165 Å². The van der Waals surface area contributed by atoms with E-state index in [2.05, 4.69) is 17.1 Å². The zero-order chi connectivity index (χ0) is 19.2. The molecule has 1 saturated heterocycles. The Morgan fingerprint density at radius 3 is 2.19 bits per heavy atom. The van der Waals surface area contributed by atoms with Crippen LogP contribution in [0.3, 0.4) is 0 Å². The molecule has 0 spiro atoms. The highest BCUT2D eigenvalue weighted by molar-refractivity contribution is 5.81. The highest BCUT2D eigenvalue weighted by atomic mass is 16.2. The van der Waals surface area contributed by atoms with Crippen LogP contribution in [0.15, 0.2) is 0 Å². The van der Waals surface area contributed by atoms with E-state index in [0.29, 0.717) is 17.9 Å². The summed E-state index contributed by atoms with van der Waals surface area (Å²) in [5.41, 5.74) is 0. The van der Waals surface area contributed by atoms with Crippen LogP contribution >= 0.6 is 0 Å². The molecule has 2 amide bonds. The number of hydrogen-bond acceptors (Lipinski definition) is 3. The van der Waals surface area contributed by atoms with Gasteiger partial charge in [0.25, 0.3) is 0 Å². The van der Waals surface area contributed by atoms with Gasteiger partial charge in [0.05, 0.1) is 6.04 Å². The molecule has 27 heavy (non-hydrogen) atoms. The Kier molecular flexibility index (Phi) is 7.57. The van der Waals surface area contributed by atoms with Crippen molar-refractivity contribution in [2.75, 3.05) is 26.2 Å². The molecule has 2 aliphatic carbocycles. The maximum Gasteiger partial charge on any atom is 0.237 e. The molecular formula is C22H39N3O2. The quantitative estimate of drug-likeness (QED) is 0.800. The third-order valence-electron chi connectivity index (χ3n) is 7.14. The molecule has 1 heterocycles. The van der Waals surface area contributed by atoms with Gasteiger partial charge in [0.2, 0.25) is 11.8 Å². The number of piperazine rings is 1. The number of hydrogen-bond donors (Lipinski definition) is 1. The van der Waals surface area contributed by atoms with Gasteiger partial charge in [0, 0.05) is 38.6 Å². The molecule has 1 unspecified atom stereocenters. The highest BCUT2D eigenvalue weighted by Crippen LogP contribution is 2.27. The second-order valence-corrected chi connectivity index (χ2v) is 9.27. The number of carbonyl (C=O) groups excluding carboxylic acids is 2. The smallest absolute Gasteiger partial charge is 0.237 e. The van der Waals surface area contributed by atoms with Gasteiger partial charge in [-0.05, 0) is 57.3 Å². The van der Waals surface area contributed by atoms with E-state index in [1.807, 2.05) is 11.8 Å². The minimum atomic E-state index is -0.0973. The third-order valence-corrected chi connectivity index (χ3v) is 7.14. The summed E-state index contributed by atoms with van der Waals surface area (Å²) in [6.07, 6.45) is 11.8. The van der Waals surface area contributed by atoms with E-state index in [9.17, 15) is 9.59 Å². The topological polar surface area (TPSA) is 52.7 Å². The summed E-state index contributed by atoms with van der Waals surface area (Å²) in [6, 6.07) is 0.259. The maximum absolute atomic E-state index is 12.6. The van der Waals surface area contributed by atoms with Crippen LogP contribution in [0.5, 0.6) is 0 Å². The Bertz CT molecular complexity index is 488. The molecule has 3 aliphatic rings. The van der Waals surface area contributed by atoms with Crippen molar-refractivity contribution in [3.05, 3.63) is 0 Å². The summed E-state index contributed by atoms with van der Waals surface area (Å²) in [6.45, 7) is 7.48. The zero-order valence-corrected chi connectivity index (χ0v) is 17.4. The van der Waals surface area contributed by atoms with Gasteiger partial charge >= 0.3 is 0 Å². The second kappa shape index (κ2) is 9.90. The summed E-state index contributed by atoms with van der Waals surface area (Å²) in [4.78, 5) is 29.5. The van der Waals surface area contributed by atoms with Crippen LogP contribution in [0.25, 0.3) is 0 Å². The van der Waals surface area contributed by atoms with Gasteiger partial charge in [-0.25, -0.2) is 0 Å². The highest BCUT2D eigenvalue weighted by Gasteiger charge is 2.30. The molecule has 154 valence electrons. The van der Waals surface area contributed by atoms with Crippen LogP contribution in [0.2, 0.25) is 0 Å². The molecular weight excluding hydrogens is 338 g/mol. The average molecular weight is 378 g/mol. The van der Waals surface area contributed by atoms with E-state index in [4.69, 9.17) is 0 Å². The Hall–Kier alpha value is -1.10. The molecule has 3 rings (SSSR count). The van der Waals surface area contributed by atoms with Crippen LogP contribution < -0.4 is 5.32 Å². The first-order valence-electron chi connectivity index (χ1n) is 11.3. The van der Waals surface area contributed by atoms with Crippen LogP contribution in [-0.4, -0.2) is 59.9 Å². The van der Waals surface area contributed by atoms with Gasteiger partial charge in [-0.1, -0.05) is 26.2 Å². The molecule has 2 saturated carbocycles. The summed E-state index contributed by atoms with van der Waals surface area (Å²) in [5.74, 6) is 1.90. The van der Waals surface area contributed by atoms with Crippen LogP contribution in [0.1, 0.15) is 78.1 Å². The van der Waals surface area contributed by atoms with Crippen molar-refractivity contribution in [2.45, 2.75) is 90.1 Å². The number of nitrogens with one attached hydrogen (secondary N) is 1. The molecule has 5 nitrogen and oxygen atoms in total. The van der Waals surface area contributed by atoms with Crippen LogP contribution in [0, 0.1) is 11.8 Å². The molecule has 0 radical (unpaired) electrons. The number of amides is 2. The molecule has 5 heteroatoms. The summed E-state index contributed by atoms with van der Waals surface area (Å²) < 4.78 is 0. The molecule has 0 bridgehead atoms. The minimum Gasteiger partial charge on any atom is -0.352 e. The fourth-order valence-electron chi connectivity index (χ4n) is 5.02. The largest absolute Gasteiger partial charge is 0.352 e. The Morgan fingerprint density at radius 1 is 0.926 bits per heavy atom. The van der Waals surface area contributed by atoms with E-state index < -0.39 is 0 Å². The van der Waals surface area contributed by atoms with Gasteiger partial charge in [-0.2, -0.15) is 0 Å². The predicted octanol–water partition coefficient (Wildman–Crippen LogP) is 3.18. The lowest BCUT2D eigenvalue weighted by molar-refractivity contribution is -0.135. The molecule has 1 N–H and O–H groups in total. The van der Waals surface area contributed by atoms with Gasteiger partial charge in [-0.15, -0.1) is 0 Å². The summed E-state index contributed by atoms with van der Waals surface area (Å²) in [7, 11) is 0. The van der Waals surface area contributed by atoms with E-state index in [1.165, 1.54) is 44.9 Å². The van der Waals surface area contributed by atoms with E-state index in [1.54, 1.807) is 0 Å². The third kappa shape index (κ3) is 5.94. The monoisotopic (exact) mass is 377 g/mol. The van der Waals surface area contributed by atoms with Crippen molar-refractivity contribution in [1.29, 1.82) is 0 Å². The lowest BCUT2D eigenvalue weighted by Crippen LogP contribution is -2.56. The first-order chi connectivity index (χ1) is 13.0. The average Bonchev–Trinajstić information content (AvgIpc) is 2.70. The maximum atomic E-state index is 12.6. The SMILES string of the molecule is CC1CCC(NC(=O)C(C)N2CCN(C(=O)CC3CCCCC3)CC2)CC1. The summed E-state index contributed by atoms with van der Waals surface area (Å²) >= 11 is 0. The number of rotatable bonds is 5. The first kappa shape index (κ1) is 20.6. The van der Waals surface area contributed by atoms with Gasteiger partial charge in [0.15, 0.2) is 0 Å². The molecule has 0 aromatic rings. The van der Waals surface area contributed by atoms with Crippen LogP contribution in [-0.2, 0) is 9.59 Å². The molecule has 0 aromatic heterocycles. The van der Waals surface area contributed by atoms with E-state index in [-0.39, 0.29) is 11.9 Å². The number of nitrogens with zero attached hydrogens (tertiary/aromatic N) is 2. The van der Waals surface area contributed by atoms with E-state index >= 15 is 0 Å². The predicted molar refractivity (Wildman–Crippen MR) is 108 cm³/mol. The lowest BCUT2D eigenvalue weighted by Gasteiger charge is -2.38. The van der Waals surface area contributed by atoms with Crippen LogP contribution in [0.4, 0.5) is 0 Å². The van der Waals surface area contributed by atoms with Crippen molar-refractivity contribution in [3.63, 3.8) is 0 Å². The van der Waals surface area contributed by atoms with Crippen molar-refractivity contribution in [2.24, 2.45) is 11.8 Å². The van der Waals surface area contributed by atoms with Gasteiger partial charge < -0.3 is 10.2 Å². The van der Waals surface area contributed by atoms with Crippen molar-refractivity contribution in [3.8, 4) is 0 Å². The molecule has 1 aliphatic heterocycles. The fraction of sp³-hybridized carbons (Fsp3) is 0.909. The number of carbonyl (C=O) groups is 2. The van der Waals surface area contributed by atoms with Gasteiger partial charge in [-0.3, -0.25) is 14.5 Å².